The average molecular weight is 616 g/mol. The number of amidine groups is 1. The molecule has 0 saturated carbocycles. The van der Waals surface area contributed by atoms with E-state index in [1.165, 1.54) is 18.7 Å². The normalized spacial score (nSPS) is 14.9. The summed E-state index contributed by atoms with van der Waals surface area (Å²) in [5, 5.41) is 21.4. The van der Waals surface area contributed by atoms with E-state index in [0.717, 1.165) is 37.2 Å². The molecule has 0 radical (unpaired) electrons. The lowest BCUT2D eigenvalue weighted by molar-refractivity contribution is -0.118. The van der Waals surface area contributed by atoms with Crippen LogP contribution >= 0.6 is 0 Å². The summed E-state index contributed by atoms with van der Waals surface area (Å²) < 4.78 is 5.82. The van der Waals surface area contributed by atoms with Gasteiger partial charge in [-0.1, -0.05) is 75.4 Å². The number of carbonyl (C=O) groups excluding carboxylic acids is 2. The Labute approximate surface area is 268 Å². The quantitative estimate of drug-likeness (QED) is 0.0725. The molecular formula is C35H49N7O3. The SMILES string of the molecule is C=C(/C=C\C=C(/CC)CN1CC(N(C)/C=C(\C=C/C)c2cccc(N/C(=C/C(=N)N)C(=N)C(=O)NC)c2OC)C1)C(=O)C(C)C. The highest BCUT2D eigenvalue weighted by Crippen LogP contribution is 2.35. The zero-order valence-electron chi connectivity index (χ0n) is 27.7. The molecule has 1 aliphatic rings. The van der Waals surface area contributed by atoms with Crippen molar-refractivity contribution in [1.29, 1.82) is 10.8 Å². The summed E-state index contributed by atoms with van der Waals surface area (Å²) in [4.78, 5) is 28.9. The zero-order valence-corrected chi connectivity index (χ0v) is 27.7. The van der Waals surface area contributed by atoms with Crippen LogP contribution in [-0.4, -0.2) is 79.9 Å². The number of allylic oxidation sites excluding steroid dienone is 7. The Hall–Kier alpha value is -4.70. The molecule has 6 N–H and O–H groups in total. The Kier molecular flexibility index (Phi) is 14.2. The fourth-order valence-corrected chi connectivity index (χ4v) is 4.76. The number of Topliss-reactive ketones (excluding diaryl/α,β-unsaturated/α-hetero) is 1. The van der Waals surface area contributed by atoms with Crippen LogP contribution in [0.25, 0.3) is 5.57 Å². The number of hydrogen-bond acceptors (Lipinski definition) is 8. The van der Waals surface area contributed by atoms with Crippen molar-refractivity contribution in [3.05, 3.63) is 89.8 Å². The Balaban J connectivity index is 2.23. The second-order valence-electron chi connectivity index (χ2n) is 11.2. The summed E-state index contributed by atoms with van der Waals surface area (Å²) in [7, 11) is 5.06. The Bertz CT molecular complexity index is 1430. The standard InChI is InChI=1S/C35H49N7O3/c1-9-13-26(28-16-12-17-29(34(28)45-8)40-30(18-31(36)37)32(38)35(44)39-6)20-41(7)27-21-42(22-27)19-25(10-2)15-11-14-24(5)33(43)23(3)4/h9,11-18,20,23,27,38,40H,5,10,19,21-22H2,1-4,6-8H3,(H3,36,37)(H,39,44)/b13-9-,14-11-,25-15+,26-20+,30-18+,38-32?. The lowest BCUT2D eigenvalue weighted by Gasteiger charge is -2.44. The minimum atomic E-state index is -0.613. The van der Waals surface area contributed by atoms with Gasteiger partial charge in [0.15, 0.2) is 5.78 Å². The lowest BCUT2D eigenvalue weighted by atomic mass is 10.0. The Morgan fingerprint density at radius 1 is 1.24 bits per heavy atom. The van der Waals surface area contributed by atoms with Crippen molar-refractivity contribution in [2.24, 2.45) is 11.7 Å². The number of hydrogen-bond donors (Lipinski definition) is 5. The monoisotopic (exact) mass is 615 g/mol. The maximum atomic E-state index is 12.2. The number of amides is 1. The number of ketones is 1. The number of anilines is 1. The number of carbonyl (C=O) groups is 2. The number of nitrogens with two attached hydrogens (primary N) is 1. The van der Waals surface area contributed by atoms with E-state index in [1.807, 2.05) is 51.1 Å². The van der Waals surface area contributed by atoms with Crippen molar-refractivity contribution in [3.8, 4) is 5.75 Å². The minimum Gasteiger partial charge on any atom is -0.494 e. The van der Waals surface area contributed by atoms with Crippen LogP contribution in [0, 0.1) is 16.7 Å². The number of likely N-dealkylation sites (N-methyl/N-ethyl adjacent to an activating group) is 1. The van der Waals surface area contributed by atoms with Crippen LogP contribution in [0.2, 0.25) is 0 Å². The molecule has 0 atom stereocenters. The van der Waals surface area contributed by atoms with E-state index in [2.05, 4.69) is 53.3 Å². The van der Waals surface area contributed by atoms with Crippen molar-refractivity contribution in [3.63, 3.8) is 0 Å². The minimum absolute atomic E-state index is 0.0607. The van der Waals surface area contributed by atoms with Crippen LogP contribution in [0.4, 0.5) is 5.69 Å². The third-order valence-corrected chi connectivity index (χ3v) is 7.38. The second kappa shape index (κ2) is 17.6. The summed E-state index contributed by atoms with van der Waals surface area (Å²) in [6, 6.07) is 5.91. The summed E-state index contributed by atoms with van der Waals surface area (Å²) in [6.07, 6.45) is 14.0. The predicted molar refractivity (Wildman–Crippen MR) is 186 cm³/mol. The van der Waals surface area contributed by atoms with Gasteiger partial charge in [-0.25, -0.2) is 0 Å². The zero-order chi connectivity index (χ0) is 33.7. The third kappa shape index (κ3) is 10.5. The molecule has 1 aromatic carbocycles. The highest BCUT2D eigenvalue weighted by atomic mass is 16.5. The average Bonchev–Trinajstić information content (AvgIpc) is 2.99. The molecule has 1 saturated heterocycles. The van der Waals surface area contributed by atoms with E-state index in [4.69, 9.17) is 21.3 Å². The molecule has 45 heavy (non-hydrogen) atoms. The molecule has 1 aliphatic heterocycles. The molecule has 0 aliphatic carbocycles. The van der Waals surface area contributed by atoms with Gasteiger partial charge in [-0.15, -0.1) is 0 Å². The van der Waals surface area contributed by atoms with Gasteiger partial charge in [0.05, 0.1) is 24.5 Å². The molecule has 10 heteroatoms. The van der Waals surface area contributed by atoms with E-state index < -0.39 is 5.91 Å². The van der Waals surface area contributed by atoms with Crippen LogP contribution in [0.15, 0.2) is 84.3 Å². The summed E-state index contributed by atoms with van der Waals surface area (Å²) in [5.74, 6) is -0.386. The molecule has 1 heterocycles. The number of nitrogens with zero attached hydrogens (tertiary/aromatic N) is 2. The summed E-state index contributed by atoms with van der Waals surface area (Å²) >= 11 is 0. The van der Waals surface area contributed by atoms with Crippen molar-refractivity contribution in [2.45, 2.75) is 40.2 Å². The van der Waals surface area contributed by atoms with Crippen molar-refractivity contribution < 1.29 is 14.3 Å². The van der Waals surface area contributed by atoms with Crippen LogP contribution in [0.3, 0.4) is 0 Å². The van der Waals surface area contributed by atoms with Gasteiger partial charge in [0.1, 0.15) is 17.3 Å². The molecule has 242 valence electrons. The molecule has 0 unspecified atom stereocenters. The van der Waals surface area contributed by atoms with Crippen LogP contribution < -0.4 is 21.1 Å². The second-order valence-corrected chi connectivity index (χ2v) is 11.2. The van der Waals surface area contributed by atoms with Crippen LogP contribution in [0.1, 0.15) is 39.7 Å². The van der Waals surface area contributed by atoms with Crippen LogP contribution in [0.5, 0.6) is 5.75 Å². The highest BCUT2D eigenvalue weighted by molar-refractivity contribution is 6.45. The number of ether oxygens (including phenoxy) is 1. The summed E-state index contributed by atoms with van der Waals surface area (Å²) in [6.45, 7) is 14.4. The number of methoxy groups -OCH3 is 1. The fraction of sp³-hybridized carbons (Fsp3) is 0.371. The smallest absolute Gasteiger partial charge is 0.271 e. The van der Waals surface area contributed by atoms with Gasteiger partial charge in [0.25, 0.3) is 5.91 Å². The van der Waals surface area contributed by atoms with Crippen LogP contribution in [-0.2, 0) is 9.59 Å². The molecule has 1 amide bonds. The van der Waals surface area contributed by atoms with E-state index in [-0.39, 0.29) is 28.9 Å². The molecule has 1 fully saturated rings. The van der Waals surface area contributed by atoms with Crippen molar-refractivity contribution in [1.82, 2.24) is 15.1 Å². The first-order chi connectivity index (χ1) is 21.4. The molecular weight excluding hydrogens is 566 g/mol. The first-order valence-electron chi connectivity index (χ1n) is 15.1. The summed E-state index contributed by atoms with van der Waals surface area (Å²) in [5.41, 5.74) is 9.37. The van der Waals surface area contributed by atoms with Gasteiger partial charge in [0.2, 0.25) is 0 Å². The van der Waals surface area contributed by atoms with Gasteiger partial charge < -0.3 is 26.0 Å². The van der Waals surface area contributed by atoms with E-state index >= 15 is 0 Å². The lowest BCUT2D eigenvalue weighted by Crippen LogP contribution is -2.57. The highest BCUT2D eigenvalue weighted by Gasteiger charge is 2.29. The number of para-hydroxylation sites is 1. The molecule has 0 bridgehead atoms. The molecule has 10 nitrogen and oxygen atoms in total. The maximum absolute atomic E-state index is 12.2. The first kappa shape index (κ1) is 36.5. The largest absolute Gasteiger partial charge is 0.494 e. The van der Waals surface area contributed by atoms with Gasteiger partial charge in [0, 0.05) is 68.6 Å². The molecule has 0 aromatic heterocycles. The van der Waals surface area contributed by atoms with E-state index in [1.54, 1.807) is 19.3 Å². The fourth-order valence-electron chi connectivity index (χ4n) is 4.76. The Morgan fingerprint density at radius 3 is 2.49 bits per heavy atom. The first-order valence-corrected chi connectivity index (χ1v) is 15.1. The van der Waals surface area contributed by atoms with Crippen molar-refractivity contribution in [2.75, 3.05) is 46.2 Å². The molecule has 2 rings (SSSR count). The van der Waals surface area contributed by atoms with Gasteiger partial charge >= 0.3 is 0 Å². The number of likely N-dealkylation sites (tertiary alicyclic amines) is 1. The van der Waals surface area contributed by atoms with E-state index in [9.17, 15) is 9.59 Å². The van der Waals surface area contributed by atoms with Gasteiger partial charge in [-0.2, -0.15) is 0 Å². The molecule has 0 spiro atoms. The number of benzene rings is 1. The maximum Gasteiger partial charge on any atom is 0.271 e. The third-order valence-electron chi connectivity index (χ3n) is 7.38. The van der Waals surface area contributed by atoms with Gasteiger partial charge in [-0.3, -0.25) is 25.3 Å². The molecule has 1 aromatic rings. The number of rotatable bonds is 17. The van der Waals surface area contributed by atoms with E-state index in [0.29, 0.717) is 23.1 Å². The number of nitrogens with one attached hydrogen (secondary N) is 4. The Morgan fingerprint density at radius 2 is 1.93 bits per heavy atom. The predicted octanol–water partition coefficient (Wildman–Crippen LogP) is 4.90. The van der Waals surface area contributed by atoms with Gasteiger partial charge in [-0.05, 0) is 19.4 Å². The van der Waals surface area contributed by atoms with Crippen molar-refractivity contribution >= 4 is 34.5 Å². The topological polar surface area (TPSA) is 148 Å².